The molecule has 0 radical (unpaired) electrons. The summed E-state index contributed by atoms with van der Waals surface area (Å²) in [5.41, 5.74) is 0. The van der Waals surface area contributed by atoms with E-state index in [1.807, 2.05) is 0 Å². The average molecular weight is 183 g/mol. The molecule has 2 nitrogen and oxygen atoms in total. The molecular formula is C6H11ClO2S. The fourth-order valence-corrected chi connectivity index (χ4v) is 3.05. The molecule has 0 saturated heterocycles. The maximum Gasteiger partial charge on any atom is 0.169 e. The summed E-state index contributed by atoms with van der Waals surface area (Å²) in [6.07, 6.45) is 2.21. The van der Waals surface area contributed by atoms with Gasteiger partial charge in [0.1, 0.15) is 4.21 Å². The zero-order valence-electron chi connectivity index (χ0n) is 5.93. The topological polar surface area (TPSA) is 34.1 Å². The molecular weight excluding hydrogens is 172 g/mol. The highest BCUT2D eigenvalue weighted by Crippen LogP contribution is 2.43. The Hall–Kier alpha value is 0.240. The van der Waals surface area contributed by atoms with E-state index in [0.717, 1.165) is 6.42 Å². The molecule has 1 rings (SSSR count). The smallest absolute Gasteiger partial charge is 0.169 e. The molecule has 10 heavy (non-hydrogen) atoms. The van der Waals surface area contributed by atoms with Crippen LogP contribution in [-0.4, -0.2) is 18.4 Å². The van der Waals surface area contributed by atoms with Crippen LogP contribution in [-0.2, 0) is 9.84 Å². The maximum absolute atomic E-state index is 11.2. The van der Waals surface area contributed by atoms with Crippen molar-refractivity contribution in [3.63, 3.8) is 0 Å². The Kier molecular flexibility index (Phi) is 1.98. The number of hydrogen-bond acceptors (Lipinski definition) is 2. The lowest BCUT2D eigenvalue weighted by molar-refractivity contribution is 0.438. The molecule has 1 saturated carbocycles. The molecule has 1 aliphatic carbocycles. The van der Waals surface area contributed by atoms with Crippen LogP contribution in [0.4, 0.5) is 0 Å². The third-order valence-corrected chi connectivity index (χ3v) is 5.40. The standard InChI is InChI=1S/C6H11ClO2S/c1-2-10(8,9)6(7)4-3-5-6/h2-5H2,1H3. The molecule has 0 heterocycles. The van der Waals surface area contributed by atoms with Gasteiger partial charge in [0.2, 0.25) is 0 Å². The fraction of sp³-hybridized carbons (Fsp3) is 1.00. The molecule has 0 aromatic heterocycles. The zero-order valence-corrected chi connectivity index (χ0v) is 7.50. The summed E-state index contributed by atoms with van der Waals surface area (Å²) in [4.78, 5) is 0. The van der Waals surface area contributed by atoms with E-state index < -0.39 is 14.0 Å². The van der Waals surface area contributed by atoms with Gasteiger partial charge in [0.05, 0.1) is 0 Å². The van der Waals surface area contributed by atoms with Crippen molar-refractivity contribution in [2.75, 3.05) is 5.75 Å². The van der Waals surface area contributed by atoms with Gasteiger partial charge in [0, 0.05) is 5.75 Å². The first-order chi connectivity index (χ1) is 4.52. The first kappa shape index (κ1) is 8.34. The van der Waals surface area contributed by atoms with E-state index in [9.17, 15) is 8.42 Å². The highest BCUT2D eigenvalue weighted by atomic mass is 35.5. The molecule has 0 aromatic carbocycles. The van der Waals surface area contributed by atoms with Crippen LogP contribution in [0.25, 0.3) is 0 Å². The molecule has 0 bridgehead atoms. The van der Waals surface area contributed by atoms with E-state index in [1.165, 1.54) is 0 Å². The second kappa shape index (κ2) is 2.38. The predicted molar refractivity (Wildman–Crippen MR) is 41.9 cm³/mol. The zero-order chi connectivity index (χ0) is 7.83. The summed E-state index contributed by atoms with van der Waals surface area (Å²) >= 11 is 5.81. The van der Waals surface area contributed by atoms with Crippen LogP contribution < -0.4 is 0 Å². The van der Waals surface area contributed by atoms with Gasteiger partial charge in [-0.05, 0) is 19.3 Å². The molecule has 1 fully saturated rings. The van der Waals surface area contributed by atoms with Crippen LogP contribution >= 0.6 is 11.6 Å². The highest BCUT2D eigenvalue weighted by Gasteiger charge is 2.45. The summed E-state index contributed by atoms with van der Waals surface area (Å²) in [5, 5.41) is 0. The van der Waals surface area contributed by atoms with Gasteiger partial charge in [-0.3, -0.25) is 0 Å². The predicted octanol–water partition coefficient (Wildman–Crippen LogP) is 1.54. The second-order valence-electron chi connectivity index (χ2n) is 2.64. The quantitative estimate of drug-likeness (QED) is 0.608. The number of halogens is 1. The molecule has 0 N–H and O–H groups in total. The van der Waals surface area contributed by atoms with Crippen molar-refractivity contribution in [2.45, 2.75) is 30.4 Å². The lowest BCUT2D eigenvalue weighted by Gasteiger charge is -2.34. The number of sulfone groups is 1. The third kappa shape index (κ3) is 1.05. The van der Waals surface area contributed by atoms with Crippen molar-refractivity contribution in [3.8, 4) is 0 Å². The van der Waals surface area contributed by atoms with Crippen molar-refractivity contribution in [1.29, 1.82) is 0 Å². The molecule has 1 aliphatic rings. The first-order valence-corrected chi connectivity index (χ1v) is 5.46. The van der Waals surface area contributed by atoms with Crippen LogP contribution in [0.5, 0.6) is 0 Å². The summed E-state index contributed by atoms with van der Waals surface area (Å²) in [5.74, 6) is 0.163. The minimum absolute atomic E-state index is 0.163. The Morgan fingerprint density at radius 1 is 1.50 bits per heavy atom. The van der Waals surface area contributed by atoms with Gasteiger partial charge in [-0.15, -0.1) is 11.6 Å². The van der Waals surface area contributed by atoms with E-state index in [4.69, 9.17) is 11.6 Å². The van der Waals surface area contributed by atoms with Gasteiger partial charge in [0.25, 0.3) is 0 Å². The molecule has 60 valence electrons. The minimum atomic E-state index is -3.00. The Morgan fingerprint density at radius 2 is 2.00 bits per heavy atom. The monoisotopic (exact) mass is 182 g/mol. The molecule has 0 aromatic rings. The van der Waals surface area contributed by atoms with E-state index in [0.29, 0.717) is 12.8 Å². The average Bonchev–Trinajstić information content (AvgIpc) is 1.82. The SMILES string of the molecule is CCS(=O)(=O)C1(Cl)CCC1. The fourth-order valence-electron chi connectivity index (χ4n) is 1.02. The van der Waals surface area contributed by atoms with Crippen LogP contribution in [0, 0.1) is 0 Å². The maximum atomic E-state index is 11.2. The Bertz CT molecular complexity index is 216. The second-order valence-corrected chi connectivity index (χ2v) is 6.18. The van der Waals surface area contributed by atoms with Crippen LogP contribution in [0.2, 0.25) is 0 Å². The molecule has 0 amide bonds. The number of hydrogen-bond donors (Lipinski definition) is 0. The van der Waals surface area contributed by atoms with E-state index in [2.05, 4.69) is 0 Å². The molecule has 0 spiro atoms. The van der Waals surface area contributed by atoms with Crippen molar-refractivity contribution < 1.29 is 8.42 Å². The third-order valence-electron chi connectivity index (χ3n) is 2.04. The van der Waals surface area contributed by atoms with Crippen molar-refractivity contribution in [2.24, 2.45) is 0 Å². The van der Waals surface area contributed by atoms with E-state index in [1.54, 1.807) is 6.92 Å². The summed E-state index contributed by atoms with van der Waals surface area (Å²) < 4.78 is 21.5. The Labute approximate surface area is 66.5 Å². The lowest BCUT2D eigenvalue weighted by atomic mass is 9.99. The van der Waals surface area contributed by atoms with Crippen LogP contribution in [0.3, 0.4) is 0 Å². The van der Waals surface area contributed by atoms with Gasteiger partial charge in [-0.2, -0.15) is 0 Å². The van der Waals surface area contributed by atoms with Gasteiger partial charge in [0.15, 0.2) is 9.84 Å². The normalized spacial score (nSPS) is 23.8. The minimum Gasteiger partial charge on any atom is -0.227 e. The summed E-state index contributed by atoms with van der Waals surface area (Å²) in [6, 6.07) is 0. The van der Waals surface area contributed by atoms with Crippen molar-refractivity contribution in [1.82, 2.24) is 0 Å². The van der Waals surface area contributed by atoms with E-state index >= 15 is 0 Å². The largest absolute Gasteiger partial charge is 0.227 e. The molecule has 0 unspecified atom stereocenters. The van der Waals surface area contributed by atoms with Crippen molar-refractivity contribution in [3.05, 3.63) is 0 Å². The van der Waals surface area contributed by atoms with Crippen LogP contribution in [0.15, 0.2) is 0 Å². The van der Waals surface area contributed by atoms with Gasteiger partial charge < -0.3 is 0 Å². The molecule has 0 atom stereocenters. The lowest BCUT2D eigenvalue weighted by Crippen LogP contribution is -2.40. The number of rotatable bonds is 2. The van der Waals surface area contributed by atoms with Gasteiger partial charge >= 0.3 is 0 Å². The Morgan fingerprint density at radius 3 is 2.10 bits per heavy atom. The van der Waals surface area contributed by atoms with Gasteiger partial charge in [-0.1, -0.05) is 6.92 Å². The first-order valence-electron chi connectivity index (χ1n) is 3.43. The Balaban J connectivity index is 2.82. The highest BCUT2D eigenvalue weighted by molar-refractivity contribution is 7.94. The van der Waals surface area contributed by atoms with Gasteiger partial charge in [-0.25, -0.2) is 8.42 Å². The summed E-state index contributed by atoms with van der Waals surface area (Å²) in [7, 11) is -3.00. The van der Waals surface area contributed by atoms with Crippen molar-refractivity contribution >= 4 is 21.4 Å². The molecule has 4 heteroatoms. The number of alkyl halides is 1. The van der Waals surface area contributed by atoms with E-state index in [-0.39, 0.29) is 5.75 Å². The van der Waals surface area contributed by atoms with Crippen LogP contribution in [0.1, 0.15) is 26.2 Å². The summed E-state index contributed by atoms with van der Waals surface area (Å²) in [6.45, 7) is 1.64. The molecule has 0 aliphatic heterocycles.